The van der Waals surface area contributed by atoms with Gasteiger partial charge in [-0.3, -0.25) is 4.98 Å². The molecule has 0 fully saturated rings. The van der Waals surface area contributed by atoms with Crippen molar-refractivity contribution in [2.24, 2.45) is 0 Å². The van der Waals surface area contributed by atoms with Crippen LogP contribution in [0.4, 0.5) is 0 Å². The zero-order chi connectivity index (χ0) is 13.2. The van der Waals surface area contributed by atoms with E-state index in [0.717, 1.165) is 28.6 Å². The Balaban J connectivity index is 2.40. The first-order chi connectivity index (χ1) is 8.53. The Morgan fingerprint density at radius 3 is 2.83 bits per heavy atom. The number of aromatic nitrogens is 1. The van der Waals surface area contributed by atoms with Gasteiger partial charge in [0.05, 0.1) is 11.1 Å². The molecular formula is C16H19NO. The largest absolute Gasteiger partial charge is 0.385 e. The number of benzene rings is 1. The first-order valence-electron chi connectivity index (χ1n) is 6.24. The summed E-state index contributed by atoms with van der Waals surface area (Å²) in [6.07, 6.45) is 3.32. The highest BCUT2D eigenvalue weighted by Crippen LogP contribution is 2.28. The second-order valence-electron chi connectivity index (χ2n) is 4.96. The summed E-state index contributed by atoms with van der Waals surface area (Å²) in [4.78, 5) is 4.46. The summed E-state index contributed by atoms with van der Waals surface area (Å²) in [5.74, 6) is 0. The molecule has 2 heteroatoms. The fourth-order valence-corrected chi connectivity index (χ4v) is 2.09. The van der Waals surface area contributed by atoms with Gasteiger partial charge in [0.1, 0.15) is 0 Å². The minimum absolute atomic E-state index is 0.682. The van der Waals surface area contributed by atoms with Crippen molar-refractivity contribution in [3.05, 3.63) is 54.2 Å². The van der Waals surface area contributed by atoms with Gasteiger partial charge < -0.3 is 5.11 Å². The maximum Gasteiger partial charge on any atom is 0.0871 e. The van der Waals surface area contributed by atoms with Gasteiger partial charge in [0.2, 0.25) is 0 Å². The highest BCUT2D eigenvalue weighted by atomic mass is 16.3. The van der Waals surface area contributed by atoms with Gasteiger partial charge >= 0.3 is 0 Å². The minimum atomic E-state index is -0.812. The molecule has 0 saturated heterocycles. The first-order valence-corrected chi connectivity index (χ1v) is 6.24. The number of allylic oxidation sites excluding steroid dienone is 1. The van der Waals surface area contributed by atoms with Crippen molar-refractivity contribution in [1.82, 2.24) is 4.98 Å². The molecule has 0 bridgehead atoms. The normalized spacial score (nSPS) is 14.4. The van der Waals surface area contributed by atoms with E-state index in [1.807, 2.05) is 50.3 Å². The zero-order valence-corrected chi connectivity index (χ0v) is 11.0. The third-order valence-corrected chi connectivity index (χ3v) is 3.29. The Bertz CT molecular complexity index is 572. The Kier molecular flexibility index (Phi) is 3.48. The molecule has 1 atom stereocenters. The van der Waals surface area contributed by atoms with Gasteiger partial charge in [-0.2, -0.15) is 0 Å². The van der Waals surface area contributed by atoms with Gasteiger partial charge in [0.15, 0.2) is 0 Å². The van der Waals surface area contributed by atoms with Crippen molar-refractivity contribution in [1.29, 1.82) is 0 Å². The molecule has 0 aliphatic rings. The molecule has 0 radical (unpaired) electrons. The van der Waals surface area contributed by atoms with E-state index in [-0.39, 0.29) is 0 Å². The van der Waals surface area contributed by atoms with Crippen molar-refractivity contribution in [3.63, 3.8) is 0 Å². The topological polar surface area (TPSA) is 33.1 Å². The smallest absolute Gasteiger partial charge is 0.0871 e. The average Bonchev–Trinajstić information content (AvgIpc) is 2.35. The molecule has 0 aliphatic carbocycles. The van der Waals surface area contributed by atoms with E-state index in [1.165, 1.54) is 0 Å². The number of pyridine rings is 1. The van der Waals surface area contributed by atoms with Crippen LogP contribution in [0.15, 0.2) is 43.0 Å². The number of hydrogen-bond acceptors (Lipinski definition) is 2. The van der Waals surface area contributed by atoms with E-state index >= 15 is 0 Å². The molecule has 18 heavy (non-hydrogen) atoms. The quantitative estimate of drug-likeness (QED) is 0.828. The van der Waals surface area contributed by atoms with Gasteiger partial charge in [-0.05, 0) is 50.5 Å². The van der Waals surface area contributed by atoms with Crippen LogP contribution in [0.5, 0.6) is 0 Å². The third kappa shape index (κ3) is 2.59. The van der Waals surface area contributed by atoms with Crippen molar-refractivity contribution in [3.8, 4) is 0 Å². The lowest BCUT2D eigenvalue weighted by atomic mass is 9.90. The summed E-state index contributed by atoms with van der Waals surface area (Å²) in [5, 5.41) is 11.5. The van der Waals surface area contributed by atoms with Crippen LogP contribution in [0.25, 0.3) is 10.9 Å². The van der Waals surface area contributed by atoms with E-state index in [1.54, 1.807) is 0 Å². The second kappa shape index (κ2) is 4.91. The lowest BCUT2D eigenvalue weighted by molar-refractivity contribution is 0.0489. The molecule has 0 aliphatic heterocycles. The monoisotopic (exact) mass is 241 g/mol. The molecule has 1 aromatic heterocycles. The first kappa shape index (κ1) is 12.8. The third-order valence-electron chi connectivity index (χ3n) is 3.29. The summed E-state index contributed by atoms with van der Waals surface area (Å²) < 4.78 is 0. The molecule has 1 heterocycles. The van der Waals surface area contributed by atoms with Crippen LogP contribution in [0.3, 0.4) is 0 Å². The number of fused-ring (bicyclic) bond motifs is 1. The lowest BCUT2D eigenvalue weighted by Crippen LogP contribution is -2.20. The molecule has 0 spiro atoms. The van der Waals surface area contributed by atoms with Crippen molar-refractivity contribution in [2.75, 3.05) is 0 Å². The van der Waals surface area contributed by atoms with E-state index in [2.05, 4.69) is 11.6 Å². The number of aryl methyl sites for hydroxylation is 1. The molecule has 94 valence electrons. The molecule has 1 unspecified atom stereocenters. The molecule has 0 amide bonds. The Hall–Kier alpha value is -1.67. The van der Waals surface area contributed by atoms with E-state index in [9.17, 15) is 5.11 Å². The predicted molar refractivity (Wildman–Crippen MR) is 75.5 cm³/mol. The zero-order valence-electron chi connectivity index (χ0n) is 11.0. The van der Waals surface area contributed by atoms with Crippen LogP contribution in [0.2, 0.25) is 0 Å². The Labute approximate surface area is 108 Å². The maximum atomic E-state index is 10.5. The van der Waals surface area contributed by atoms with Crippen LogP contribution in [0, 0.1) is 6.92 Å². The SMILES string of the molecule is C=CCCC(C)(O)c1ccc2nc(C)ccc2c1. The van der Waals surface area contributed by atoms with Gasteiger partial charge in [0, 0.05) is 11.1 Å². The molecular weight excluding hydrogens is 222 g/mol. The Morgan fingerprint density at radius 2 is 2.11 bits per heavy atom. The summed E-state index contributed by atoms with van der Waals surface area (Å²) in [5.41, 5.74) is 2.10. The standard InChI is InChI=1S/C16H19NO/c1-4-5-10-16(3,18)14-8-9-15-13(11-14)7-6-12(2)17-15/h4,6-9,11,18H,1,5,10H2,2-3H3. The average molecular weight is 241 g/mol. The van der Waals surface area contributed by atoms with Crippen molar-refractivity contribution in [2.45, 2.75) is 32.3 Å². The molecule has 2 rings (SSSR count). The molecule has 1 aromatic carbocycles. The highest BCUT2D eigenvalue weighted by Gasteiger charge is 2.22. The van der Waals surface area contributed by atoms with Crippen LogP contribution < -0.4 is 0 Å². The predicted octanol–water partition coefficient (Wildman–Crippen LogP) is 3.72. The van der Waals surface area contributed by atoms with Crippen molar-refractivity contribution >= 4 is 10.9 Å². The van der Waals surface area contributed by atoms with Crippen LogP contribution in [0.1, 0.15) is 31.0 Å². The number of aliphatic hydroxyl groups is 1. The van der Waals surface area contributed by atoms with Crippen LogP contribution in [-0.4, -0.2) is 10.1 Å². The maximum absolute atomic E-state index is 10.5. The summed E-state index contributed by atoms with van der Waals surface area (Å²) in [6, 6.07) is 9.98. The van der Waals surface area contributed by atoms with E-state index in [4.69, 9.17) is 0 Å². The van der Waals surface area contributed by atoms with E-state index < -0.39 is 5.60 Å². The van der Waals surface area contributed by atoms with Gasteiger partial charge in [-0.25, -0.2) is 0 Å². The molecule has 2 aromatic rings. The summed E-state index contributed by atoms with van der Waals surface area (Å²) in [7, 11) is 0. The van der Waals surface area contributed by atoms with E-state index in [0.29, 0.717) is 6.42 Å². The summed E-state index contributed by atoms with van der Waals surface area (Å²) in [6.45, 7) is 7.52. The van der Waals surface area contributed by atoms with Crippen molar-refractivity contribution < 1.29 is 5.11 Å². The number of nitrogens with zero attached hydrogens (tertiary/aromatic N) is 1. The summed E-state index contributed by atoms with van der Waals surface area (Å²) >= 11 is 0. The van der Waals surface area contributed by atoms with Gasteiger partial charge in [-0.1, -0.05) is 18.2 Å². The number of rotatable bonds is 4. The highest BCUT2D eigenvalue weighted by molar-refractivity contribution is 5.79. The number of hydrogen-bond donors (Lipinski definition) is 1. The van der Waals surface area contributed by atoms with Gasteiger partial charge in [0.25, 0.3) is 0 Å². The molecule has 1 N–H and O–H groups in total. The molecule has 0 saturated carbocycles. The minimum Gasteiger partial charge on any atom is -0.385 e. The fraction of sp³-hybridized carbons (Fsp3) is 0.312. The van der Waals surface area contributed by atoms with Gasteiger partial charge in [-0.15, -0.1) is 6.58 Å². The molecule has 2 nitrogen and oxygen atoms in total. The second-order valence-corrected chi connectivity index (χ2v) is 4.96. The van der Waals surface area contributed by atoms with Crippen LogP contribution >= 0.6 is 0 Å². The van der Waals surface area contributed by atoms with Crippen LogP contribution in [-0.2, 0) is 5.60 Å². The lowest BCUT2D eigenvalue weighted by Gasteiger charge is -2.23. The Morgan fingerprint density at radius 1 is 1.33 bits per heavy atom. The fourth-order valence-electron chi connectivity index (χ4n) is 2.09.